The van der Waals surface area contributed by atoms with Gasteiger partial charge >= 0.3 is 5.97 Å². The monoisotopic (exact) mass is 291 g/mol. The fraction of sp³-hybridized carbons (Fsp3) is 0.588. The second-order valence-electron chi connectivity index (χ2n) is 5.27. The number of hydrogen-bond donors (Lipinski definition) is 0. The van der Waals surface area contributed by atoms with Crippen LogP contribution in [0.25, 0.3) is 0 Å². The number of rotatable bonds is 6. The van der Waals surface area contributed by atoms with Crippen LogP contribution in [0.2, 0.25) is 0 Å². The first-order chi connectivity index (χ1) is 10.2. The van der Waals surface area contributed by atoms with Crippen LogP contribution in [-0.2, 0) is 20.7 Å². The number of carbonyl (C=O) groups is 1. The van der Waals surface area contributed by atoms with E-state index in [9.17, 15) is 4.79 Å². The minimum atomic E-state index is -0.131. The molecule has 0 saturated carbocycles. The van der Waals surface area contributed by atoms with Crippen LogP contribution in [0, 0.1) is 0 Å². The Morgan fingerprint density at radius 3 is 2.48 bits per heavy atom. The Morgan fingerprint density at radius 1 is 1.24 bits per heavy atom. The molecule has 4 heteroatoms. The SMILES string of the molecule is CCOC(=O)CC(c1ccc(CC)cc1)N1CCOCC1. The van der Waals surface area contributed by atoms with Crippen LogP contribution in [0.15, 0.2) is 24.3 Å². The van der Waals surface area contributed by atoms with Crippen molar-refractivity contribution in [1.29, 1.82) is 0 Å². The fourth-order valence-electron chi connectivity index (χ4n) is 2.70. The van der Waals surface area contributed by atoms with Crippen molar-refractivity contribution in [2.75, 3.05) is 32.9 Å². The summed E-state index contributed by atoms with van der Waals surface area (Å²) in [7, 11) is 0. The van der Waals surface area contributed by atoms with E-state index in [-0.39, 0.29) is 12.0 Å². The van der Waals surface area contributed by atoms with Gasteiger partial charge in [0.15, 0.2) is 0 Å². The number of nitrogens with zero attached hydrogens (tertiary/aromatic N) is 1. The van der Waals surface area contributed by atoms with E-state index in [1.165, 1.54) is 11.1 Å². The van der Waals surface area contributed by atoms with Crippen LogP contribution in [0.4, 0.5) is 0 Å². The molecule has 0 N–H and O–H groups in total. The number of morpholine rings is 1. The van der Waals surface area contributed by atoms with Crippen LogP contribution < -0.4 is 0 Å². The van der Waals surface area contributed by atoms with E-state index in [0.29, 0.717) is 13.0 Å². The number of benzene rings is 1. The predicted molar refractivity (Wildman–Crippen MR) is 82.2 cm³/mol. The van der Waals surface area contributed by atoms with Gasteiger partial charge in [0.2, 0.25) is 0 Å². The van der Waals surface area contributed by atoms with E-state index in [1.54, 1.807) is 0 Å². The molecule has 0 aliphatic carbocycles. The predicted octanol–water partition coefficient (Wildman–Crippen LogP) is 2.58. The summed E-state index contributed by atoms with van der Waals surface area (Å²) in [5.74, 6) is -0.131. The molecule has 1 aliphatic heterocycles. The maximum atomic E-state index is 11.9. The minimum absolute atomic E-state index is 0.0823. The second-order valence-corrected chi connectivity index (χ2v) is 5.27. The molecule has 0 aromatic heterocycles. The summed E-state index contributed by atoms with van der Waals surface area (Å²) >= 11 is 0. The van der Waals surface area contributed by atoms with Crippen molar-refractivity contribution in [2.24, 2.45) is 0 Å². The standard InChI is InChI=1S/C17H25NO3/c1-3-14-5-7-15(8-6-14)16(13-17(19)21-4-2)18-9-11-20-12-10-18/h5-8,16H,3-4,9-13H2,1-2H3. The van der Waals surface area contributed by atoms with Gasteiger partial charge in [0, 0.05) is 19.1 Å². The van der Waals surface area contributed by atoms with Gasteiger partial charge in [-0.15, -0.1) is 0 Å². The molecule has 116 valence electrons. The summed E-state index contributed by atoms with van der Waals surface area (Å²) in [5, 5.41) is 0. The van der Waals surface area contributed by atoms with Gasteiger partial charge in [-0.05, 0) is 24.5 Å². The summed E-state index contributed by atoms with van der Waals surface area (Å²) in [6.45, 7) is 7.60. The first-order valence-corrected chi connectivity index (χ1v) is 7.80. The third-order valence-electron chi connectivity index (χ3n) is 3.92. The van der Waals surface area contributed by atoms with Gasteiger partial charge < -0.3 is 9.47 Å². The van der Waals surface area contributed by atoms with Gasteiger partial charge in [-0.25, -0.2) is 0 Å². The Balaban J connectivity index is 2.14. The van der Waals surface area contributed by atoms with E-state index in [1.807, 2.05) is 6.92 Å². The van der Waals surface area contributed by atoms with Gasteiger partial charge in [0.1, 0.15) is 0 Å². The summed E-state index contributed by atoms with van der Waals surface area (Å²) in [6.07, 6.45) is 1.43. The molecule has 1 unspecified atom stereocenters. The van der Waals surface area contributed by atoms with E-state index >= 15 is 0 Å². The maximum Gasteiger partial charge on any atom is 0.307 e. The van der Waals surface area contributed by atoms with Crippen molar-refractivity contribution in [1.82, 2.24) is 4.90 Å². The number of hydrogen-bond acceptors (Lipinski definition) is 4. The lowest BCUT2D eigenvalue weighted by Gasteiger charge is -2.34. The molecule has 1 fully saturated rings. The molecule has 21 heavy (non-hydrogen) atoms. The third-order valence-corrected chi connectivity index (χ3v) is 3.92. The molecule has 1 aromatic rings. The second kappa shape index (κ2) is 8.15. The summed E-state index contributed by atoms with van der Waals surface area (Å²) < 4.78 is 10.5. The average Bonchev–Trinajstić information content (AvgIpc) is 2.54. The molecule has 4 nitrogen and oxygen atoms in total. The van der Waals surface area contributed by atoms with Crippen molar-refractivity contribution in [3.05, 3.63) is 35.4 Å². The third kappa shape index (κ3) is 4.55. The van der Waals surface area contributed by atoms with Gasteiger partial charge in [-0.3, -0.25) is 9.69 Å². The van der Waals surface area contributed by atoms with Crippen molar-refractivity contribution < 1.29 is 14.3 Å². The van der Waals surface area contributed by atoms with Gasteiger partial charge in [0.05, 0.1) is 26.2 Å². The molecule has 0 bridgehead atoms. The number of carbonyl (C=O) groups excluding carboxylic acids is 1. The molecule has 1 aliphatic rings. The summed E-state index contributed by atoms with van der Waals surface area (Å²) in [4.78, 5) is 14.2. The van der Waals surface area contributed by atoms with Crippen molar-refractivity contribution in [3.63, 3.8) is 0 Å². The van der Waals surface area contributed by atoms with Gasteiger partial charge in [-0.1, -0.05) is 31.2 Å². The lowest BCUT2D eigenvalue weighted by molar-refractivity contribution is -0.145. The molecular formula is C17H25NO3. The highest BCUT2D eigenvalue weighted by atomic mass is 16.5. The van der Waals surface area contributed by atoms with Crippen LogP contribution in [-0.4, -0.2) is 43.8 Å². The lowest BCUT2D eigenvalue weighted by Crippen LogP contribution is -2.40. The molecular weight excluding hydrogens is 266 g/mol. The van der Waals surface area contributed by atoms with E-state index in [2.05, 4.69) is 36.1 Å². The minimum Gasteiger partial charge on any atom is -0.466 e. The van der Waals surface area contributed by atoms with Crippen LogP contribution in [0.1, 0.15) is 37.4 Å². The fourth-order valence-corrected chi connectivity index (χ4v) is 2.70. The van der Waals surface area contributed by atoms with E-state index in [4.69, 9.17) is 9.47 Å². The molecule has 1 heterocycles. The smallest absolute Gasteiger partial charge is 0.307 e. The van der Waals surface area contributed by atoms with Crippen molar-refractivity contribution in [2.45, 2.75) is 32.7 Å². The van der Waals surface area contributed by atoms with Crippen molar-refractivity contribution in [3.8, 4) is 0 Å². The Kier molecular flexibility index (Phi) is 6.21. The lowest BCUT2D eigenvalue weighted by atomic mass is 9.99. The Morgan fingerprint density at radius 2 is 1.90 bits per heavy atom. The topological polar surface area (TPSA) is 38.8 Å². The normalized spacial score (nSPS) is 17.4. The van der Waals surface area contributed by atoms with Crippen LogP contribution in [0.5, 0.6) is 0 Å². The largest absolute Gasteiger partial charge is 0.466 e. The summed E-state index contributed by atoms with van der Waals surface area (Å²) in [5.41, 5.74) is 2.50. The van der Waals surface area contributed by atoms with Crippen molar-refractivity contribution >= 4 is 5.97 Å². The first-order valence-electron chi connectivity index (χ1n) is 7.80. The Bertz CT molecular complexity index is 438. The Labute approximate surface area is 127 Å². The van der Waals surface area contributed by atoms with Gasteiger partial charge in [-0.2, -0.15) is 0 Å². The molecule has 2 rings (SSSR count). The highest BCUT2D eigenvalue weighted by Gasteiger charge is 2.25. The zero-order valence-corrected chi connectivity index (χ0v) is 13.0. The van der Waals surface area contributed by atoms with Gasteiger partial charge in [0.25, 0.3) is 0 Å². The highest BCUT2D eigenvalue weighted by molar-refractivity contribution is 5.70. The first kappa shape index (κ1) is 16.0. The highest BCUT2D eigenvalue weighted by Crippen LogP contribution is 2.26. The number of aryl methyl sites for hydroxylation is 1. The molecule has 1 aromatic carbocycles. The molecule has 1 saturated heterocycles. The summed E-state index contributed by atoms with van der Waals surface area (Å²) in [6, 6.07) is 8.65. The number of ether oxygens (including phenoxy) is 2. The Hall–Kier alpha value is -1.39. The molecule has 0 radical (unpaired) electrons. The maximum absolute atomic E-state index is 11.9. The number of esters is 1. The average molecular weight is 291 g/mol. The molecule has 0 amide bonds. The zero-order valence-electron chi connectivity index (χ0n) is 13.0. The zero-order chi connectivity index (χ0) is 15.1. The van der Waals surface area contributed by atoms with E-state index < -0.39 is 0 Å². The quantitative estimate of drug-likeness (QED) is 0.755. The van der Waals surface area contributed by atoms with E-state index in [0.717, 1.165) is 32.7 Å². The van der Waals surface area contributed by atoms with Crippen LogP contribution >= 0.6 is 0 Å². The molecule has 1 atom stereocenters. The van der Waals surface area contributed by atoms with Crippen LogP contribution in [0.3, 0.4) is 0 Å². The molecule has 0 spiro atoms.